The average Bonchev–Trinajstić information content (AvgIpc) is 3.48. The van der Waals surface area contributed by atoms with Crippen LogP contribution in [0, 0.1) is 0 Å². The maximum atomic E-state index is 6.32. The molecule has 46 heavy (non-hydrogen) atoms. The van der Waals surface area contributed by atoms with Crippen molar-refractivity contribution in [3.63, 3.8) is 0 Å². The van der Waals surface area contributed by atoms with E-state index in [1.807, 2.05) is 30.3 Å². The summed E-state index contributed by atoms with van der Waals surface area (Å²) in [5.74, 6) is 2.25. The number of fused-ring (bicyclic) bond motifs is 14. The highest BCUT2D eigenvalue weighted by Gasteiger charge is 2.26. The van der Waals surface area contributed by atoms with Gasteiger partial charge >= 0.3 is 0 Å². The van der Waals surface area contributed by atoms with Crippen molar-refractivity contribution in [1.29, 1.82) is 0 Å². The van der Waals surface area contributed by atoms with Crippen LogP contribution in [-0.4, -0.2) is 14.5 Å². The molecule has 0 aliphatic carbocycles. The third-order valence-corrected chi connectivity index (χ3v) is 9.74. The molecular weight excluding hydrogens is 562 g/mol. The Labute approximate surface area is 262 Å². The van der Waals surface area contributed by atoms with Gasteiger partial charge in [0.1, 0.15) is 11.5 Å². The van der Waals surface area contributed by atoms with Gasteiger partial charge in [-0.1, -0.05) is 109 Å². The van der Waals surface area contributed by atoms with Crippen LogP contribution in [0.2, 0.25) is 0 Å². The number of benzene rings is 8. The molecule has 0 spiro atoms. The zero-order chi connectivity index (χ0) is 29.9. The molecule has 0 fully saturated rings. The summed E-state index contributed by atoms with van der Waals surface area (Å²) in [5, 5.41) is 13.2. The van der Waals surface area contributed by atoms with Crippen LogP contribution in [-0.2, 0) is 0 Å². The Balaban J connectivity index is 1.41. The van der Waals surface area contributed by atoms with Crippen LogP contribution < -0.4 is 4.74 Å². The second-order valence-corrected chi connectivity index (χ2v) is 12.1. The number of para-hydroxylation sites is 1. The minimum atomic E-state index is 0.650. The zero-order valence-corrected chi connectivity index (χ0v) is 24.5. The Morgan fingerprint density at radius 1 is 0.435 bits per heavy atom. The van der Waals surface area contributed by atoms with E-state index in [4.69, 9.17) is 14.7 Å². The summed E-state index contributed by atoms with van der Waals surface area (Å²) in [5.41, 5.74) is 4.93. The lowest BCUT2D eigenvalue weighted by Crippen LogP contribution is -2.06. The molecule has 4 heteroatoms. The summed E-state index contributed by atoms with van der Waals surface area (Å²) in [6.45, 7) is 0. The van der Waals surface area contributed by atoms with Gasteiger partial charge in [-0.05, 0) is 68.0 Å². The van der Waals surface area contributed by atoms with Crippen molar-refractivity contribution in [2.45, 2.75) is 0 Å². The Hall–Kier alpha value is -6.26. The normalized spacial score (nSPS) is 12.5. The van der Waals surface area contributed by atoms with Crippen LogP contribution in [0.4, 0.5) is 0 Å². The SMILES string of the molecule is c1ccc2c(c1)Oc1cccc3nc(-n4c5ccc6ccccc6c5c5c6ccc7ccccc7c6c6ccccc6c54)nc-2c13. The number of hydrogen-bond acceptors (Lipinski definition) is 3. The minimum absolute atomic E-state index is 0.650. The monoisotopic (exact) mass is 585 g/mol. The van der Waals surface area contributed by atoms with Gasteiger partial charge in [0, 0.05) is 21.7 Å². The van der Waals surface area contributed by atoms with Gasteiger partial charge in [0.2, 0.25) is 5.95 Å². The predicted octanol–water partition coefficient (Wildman–Crippen LogP) is 11.1. The third-order valence-electron chi connectivity index (χ3n) is 9.74. The second-order valence-electron chi connectivity index (χ2n) is 12.1. The molecule has 3 heterocycles. The molecule has 0 amide bonds. The molecular formula is C42H23N3O. The van der Waals surface area contributed by atoms with Crippen molar-refractivity contribution in [1.82, 2.24) is 14.5 Å². The smallest absolute Gasteiger partial charge is 0.235 e. The summed E-state index contributed by atoms with van der Waals surface area (Å²) in [6, 6.07) is 49.5. The second kappa shape index (κ2) is 8.68. The molecule has 2 aromatic heterocycles. The Bertz CT molecular complexity index is 2960. The first-order valence-corrected chi connectivity index (χ1v) is 15.6. The van der Waals surface area contributed by atoms with Crippen molar-refractivity contribution in [3.05, 3.63) is 140 Å². The van der Waals surface area contributed by atoms with E-state index in [9.17, 15) is 0 Å². The topological polar surface area (TPSA) is 39.9 Å². The third kappa shape index (κ3) is 3.03. The highest BCUT2D eigenvalue weighted by molar-refractivity contribution is 6.38. The summed E-state index contributed by atoms with van der Waals surface area (Å²) in [6.07, 6.45) is 0. The number of aromatic nitrogens is 3. The lowest BCUT2D eigenvalue weighted by atomic mass is 9.92. The van der Waals surface area contributed by atoms with E-state index in [-0.39, 0.29) is 0 Å². The molecule has 0 atom stereocenters. The molecule has 0 bridgehead atoms. The Kier molecular flexibility index (Phi) is 4.55. The zero-order valence-electron chi connectivity index (χ0n) is 24.5. The van der Waals surface area contributed by atoms with Gasteiger partial charge < -0.3 is 4.74 Å². The average molecular weight is 586 g/mol. The van der Waals surface area contributed by atoms with E-state index in [1.54, 1.807) is 0 Å². The van der Waals surface area contributed by atoms with E-state index in [1.165, 1.54) is 53.9 Å². The molecule has 0 saturated heterocycles. The van der Waals surface area contributed by atoms with Crippen molar-refractivity contribution in [3.8, 4) is 28.7 Å². The van der Waals surface area contributed by atoms with Gasteiger partial charge in [-0.2, -0.15) is 0 Å². The summed E-state index contributed by atoms with van der Waals surface area (Å²) in [4.78, 5) is 10.7. The fourth-order valence-corrected chi connectivity index (χ4v) is 7.85. The van der Waals surface area contributed by atoms with Crippen LogP contribution in [0.15, 0.2) is 140 Å². The lowest BCUT2D eigenvalue weighted by molar-refractivity contribution is 0.486. The van der Waals surface area contributed by atoms with Crippen LogP contribution in [0.5, 0.6) is 11.5 Å². The fraction of sp³-hybridized carbons (Fsp3) is 0. The van der Waals surface area contributed by atoms with Crippen molar-refractivity contribution >= 4 is 75.8 Å². The van der Waals surface area contributed by atoms with Gasteiger partial charge in [0.05, 0.1) is 27.6 Å². The predicted molar refractivity (Wildman–Crippen MR) is 189 cm³/mol. The first-order chi connectivity index (χ1) is 22.8. The minimum Gasteiger partial charge on any atom is -0.456 e. The molecule has 1 aliphatic heterocycles. The van der Waals surface area contributed by atoms with Crippen LogP contribution in [0.1, 0.15) is 0 Å². The summed E-state index contributed by atoms with van der Waals surface area (Å²) in [7, 11) is 0. The first-order valence-electron chi connectivity index (χ1n) is 15.6. The van der Waals surface area contributed by atoms with Gasteiger partial charge in [0.15, 0.2) is 0 Å². The van der Waals surface area contributed by atoms with Crippen molar-refractivity contribution < 1.29 is 4.74 Å². The molecule has 10 aromatic rings. The number of ether oxygens (including phenoxy) is 1. The Morgan fingerprint density at radius 3 is 1.96 bits per heavy atom. The van der Waals surface area contributed by atoms with Crippen molar-refractivity contribution in [2.24, 2.45) is 0 Å². The molecule has 8 aromatic carbocycles. The lowest BCUT2D eigenvalue weighted by Gasteiger charge is -2.21. The van der Waals surface area contributed by atoms with E-state index in [0.29, 0.717) is 5.95 Å². The fourth-order valence-electron chi connectivity index (χ4n) is 7.85. The number of nitrogens with zero attached hydrogens (tertiary/aromatic N) is 3. The van der Waals surface area contributed by atoms with Gasteiger partial charge in [-0.25, -0.2) is 9.97 Å². The highest BCUT2D eigenvalue weighted by atomic mass is 16.5. The van der Waals surface area contributed by atoms with Gasteiger partial charge in [0.25, 0.3) is 0 Å². The highest BCUT2D eigenvalue weighted by Crippen LogP contribution is 2.48. The van der Waals surface area contributed by atoms with Crippen LogP contribution >= 0.6 is 0 Å². The molecule has 11 rings (SSSR count). The molecule has 0 saturated carbocycles. The quantitative estimate of drug-likeness (QED) is 0.180. The van der Waals surface area contributed by atoms with E-state index in [2.05, 4.69) is 114 Å². The summed E-state index contributed by atoms with van der Waals surface area (Å²) < 4.78 is 8.62. The van der Waals surface area contributed by atoms with Gasteiger partial charge in [-0.3, -0.25) is 4.57 Å². The largest absolute Gasteiger partial charge is 0.456 e. The molecule has 0 radical (unpaired) electrons. The van der Waals surface area contributed by atoms with E-state index in [0.717, 1.165) is 44.7 Å². The first kappa shape index (κ1) is 24.1. The summed E-state index contributed by atoms with van der Waals surface area (Å²) >= 11 is 0. The molecule has 0 N–H and O–H groups in total. The van der Waals surface area contributed by atoms with Crippen LogP contribution in [0.3, 0.4) is 0 Å². The maximum Gasteiger partial charge on any atom is 0.235 e. The Morgan fingerprint density at radius 2 is 1.11 bits per heavy atom. The van der Waals surface area contributed by atoms with Gasteiger partial charge in [-0.15, -0.1) is 0 Å². The number of hydrogen-bond donors (Lipinski definition) is 0. The molecule has 212 valence electrons. The molecule has 4 nitrogen and oxygen atoms in total. The molecule has 1 aliphatic rings. The number of rotatable bonds is 1. The van der Waals surface area contributed by atoms with Crippen molar-refractivity contribution in [2.75, 3.05) is 0 Å². The van der Waals surface area contributed by atoms with E-state index >= 15 is 0 Å². The van der Waals surface area contributed by atoms with E-state index < -0.39 is 0 Å². The standard InChI is InChI=1S/C42H23N3O/c1-3-12-26-24(10-1)20-22-31-36(26)28-14-5-6-15-29(28)41-38(31)37-27-13-4-2-11-25(27)21-23-33(37)45(41)42-43-32-17-9-19-35-39(32)40(44-42)30-16-7-8-18-34(30)46-35/h1-23H. The van der Waals surface area contributed by atoms with Crippen LogP contribution in [0.25, 0.3) is 93.0 Å². The maximum absolute atomic E-state index is 6.32. The molecule has 0 unspecified atom stereocenters.